The molecular weight excluding hydrogens is 352 g/mol. The van der Waals surface area contributed by atoms with Crippen molar-refractivity contribution in [3.8, 4) is 0 Å². The Balaban J connectivity index is 1.58. The molecule has 0 unspecified atom stereocenters. The van der Waals surface area contributed by atoms with E-state index in [1.807, 2.05) is 6.92 Å². The van der Waals surface area contributed by atoms with Crippen molar-refractivity contribution in [3.63, 3.8) is 0 Å². The maximum absolute atomic E-state index is 12.6. The Hall–Kier alpha value is -2.45. The van der Waals surface area contributed by atoms with Gasteiger partial charge in [-0.1, -0.05) is 32.6 Å². The van der Waals surface area contributed by atoms with E-state index >= 15 is 0 Å². The highest BCUT2D eigenvalue weighted by atomic mass is 16.2. The van der Waals surface area contributed by atoms with Crippen LogP contribution >= 0.6 is 0 Å². The number of urea groups is 2. The fraction of sp³-hybridized carbons (Fsp3) is 0.722. The largest absolute Gasteiger partial charge is 0.335 e. The predicted molar refractivity (Wildman–Crippen MR) is 94.3 cm³/mol. The van der Waals surface area contributed by atoms with E-state index in [1.165, 1.54) is 0 Å². The number of hydrogen-bond acceptors (Lipinski definition) is 5. The van der Waals surface area contributed by atoms with Gasteiger partial charge in [-0.25, -0.2) is 14.5 Å². The second-order valence-electron chi connectivity index (χ2n) is 7.68. The smallest absolute Gasteiger partial charge is 0.334 e. The Morgan fingerprint density at radius 1 is 0.963 bits per heavy atom. The number of hydrogen-bond donors (Lipinski definition) is 2. The van der Waals surface area contributed by atoms with Gasteiger partial charge in [0.05, 0.1) is 0 Å². The Morgan fingerprint density at radius 2 is 1.59 bits per heavy atom. The van der Waals surface area contributed by atoms with Gasteiger partial charge < -0.3 is 5.32 Å². The first-order valence-electron chi connectivity index (χ1n) is 9.68. The van der Waals surface area contributed by atoms with Crippen LogP contribution in [0.15, 0.2) is 0 Å². The Bertz CT molecular complexity index is 658. The molecule has 9 heteroatoms. The van der Waals surface area contributed by atoms with Crippen LogP contribution in [0.1, 0.15) is 58.3 Å². The number of amides is 7. The molecule has 3 rings (SSSR count). The zero-order valence-corrected chi connectivity index (χ0v) is 15.5. The fourth-order valence-electron chi connectivity index (χ4n) is 4.24. The Kier molecular flexibility index (Phi) is 5.76. The fourth-order valence-corrected chi connectivity index (χ4v) is 4.24. The maximum atomic E-state index is 12.6. The van der Waals surface area contributed by atoms with Crippen molar-refractivity contribution in [1.82, 2.24) is 20.4 Å². The molecule has 2 N–H and O–H groups in total. The molecule has 2 atom stereocenters. The molecule has 0 aromatic rings. The van der Waals surface area contributed by atoms with E-state index in [-0.39, 0.29) is 18.0 Å². The molecule has 3 fully saturated rings. The summed E-state index contributed by atoms with van der Waals surface area (Å²) in [4.78, 5) is 62.7. The summed E-state index contributed by atoms with van der Waals surface area (Å²) >= 11 is 0. The second-order valence-corrected chi connectivity index (χ2v) is 7.68. The molecule has 0 aromatic heterocycles. The molecule has 1 heterocycles. The van der Waals surface area contributed by atoms with Crippen LogP contribution in [-0.2, 0) is 14.4 Å². The van der Waals surface area contributed by atoms with E-state index in [4.69, 9.17) is 0 Å². The molecule has 7 amide bonds. The van der Waals surface area contributed by atoms with E-state index in [1.54, 1.807) is 0 Å². The molecule has 2 saturated carbocycles. The molecule has 0 spiro atoms. The van der Waals surface area contributed by atoms with Crippen LogP contribution in [0.3, 0.4) is 0 Å². The summed E-state index contributed by atoms with van der Waals surface area (Å²) in [5.74, 6) is -2.57. The lowest BCUT2D eigenvalue weighted by atomic mass is 9.85. The summed E-state index contributed by atoms with van der Waals surface area (Å²) in [7, 11) is 0. The first-order chi connectivity index (χ1) is 12.9. The van der Waals surface area contributed by atoms with Crippen molar-refractivity contribution in [1.29, 1.82) is 0 Å². The Morgan fingerprint density at radius 3 is 2.26 bits per heavy atom. The lowest BCUT2D eigenvalue weighted by Crippen LogP contribution is -2.49. The first-order valence-corrected chi connectivity index (χ1v) is 9.68. The third kappa shape index (κ3) is 4.12. The number of rotatable bonds is 4. The zero-order chi connectivity index (χ0) is 19.6. The molecular formula is C18H26N4O5. The minimum Gasteiger partial charge on any atom is -0.335 e. The predicted octanol–water partition coefficient (Wildman–Crippen LogP) is 1.12. The number of carbonyl (C=O) groups excluding carboxylic acids is 5. The highest BCUT2D eigenvalue weighted by Gasteiger charge is 2.49. The quantitative estimate of drug-likeness (QED) is 0.562. The molecule has 27 heavy (non-hydrogen) atoms. The number of nitrogens with zero attached hydrogens (tertiary/aromatic N) is 2. The normalized spacial score (nSPS) is 26.6. The minimum absolute atomic E-state index is 0.0395. The summed E-state index contributed by atoms with van der Waals surface area (Å²) in [5.41, 5.74) is 0. The molecule has 2 aliphatic carbocycles. The average Bonchev–Trinajstić information content (AvgIpc) is 3.19. The molecule has 9 nitrogen and oxygen atoms in total. The Labute approximate surface area is 157 Å². The maximum Gasteiger partial charge on any atom is 0.334 e. The van der Waals surface area contributed by atoms with Crippen LogP contribution < -0.4 is 10.6 Å². The lowest BCUT2D eigenvalue weighted by Gasteiger charge is -2.34. The van der Waals surface area contributed by atoms with E-state index in [0.717, 1.165) is 49.8 Å². The summed E-state index contributed by atoms with van der Waals surface area (Å²) in [6, 6.07) is -1.69. The van der Waals surface area contributed by atoms with Crippen LogP contribution in [0.25, 0.3) is 0 Å². The third-order valence-electron chi connectivity index (χ3n) is 5.73. The first kappa shape index (κ1) is 19.3. The van der Waals surface area contributed by atoms with Gasteiger partial charge in [0.1, 0.15) is 6.54 Å². The second kappa shape index (κ2) is 8.06. The van der Waals surface area contributed by atoms with Crippen LogP contribution in [0.5, 0.6) is 0 Å². The summed E-state index contributed by atoms with van der Waals surface area (Å²) in [6.45, 7) is 1.32. The molecule has 0 radical (unpaired) electrons. The average molecular weight is 378 g/mol. The number of imide groups is 3. The van der Waals surface area contributed by atoms with Gasteiger partial charge in [0, 0.05) is 12.1 Å². The van der Waals surface area contributed by atoms with Gasteiger partial charge in [0.25, 0.3) is 0 Å². The van der Waals surface area contributed by atoms with E-state index < -0.39 is 36.3 Å². The summed E-state index contributed by atoms with van der Waals surface area (Å²) in [6.07, 6.45) is 7.28. The van der Waals surface area contributed by atoms with Gasteiger partial charge in [0.15, 0.2) is 0 Å². The highest BCUT2D eigenvalue weighted by Crippen LogP contribution is 2.31. The van der Waals surface area contributed by atoms with Crippen molar-refractivity contribution in [2.24, 2.45) is 5.92 Å². The molecule has 148 valence electrons. The van der Waals surface area contributed by atoms with Crippen LogP contribution in [0, 0.1) is 5.92 Å². The van der Waals surface area contributed by atoms with Gasteiger partial charge in [-0.05, 0) is 31.6 Å². The molecule has 0 aromatic carbocycles. The van der Waals surface area contributed by atoms with Gasteiger partial charge >= 0.3 is 23.9 Å². The van der Waals surface area contributed by atoms with Crippen molar-refractivity contribution < 1.29 is 24.0 Å². The zero-order valence-electron chi connectivity index (χ0n) is 15.5. The van der Waals surface area contributed by atoms with E-state index in [2.05, 4.69) is 10.6 Å². The SMILES string of the molecule is C[C@@H]1CCCC[C@@H]1N1C(=O)C(=O)N(CC(=O)NC(=O)NC2CCCC2)C1=O. The van der Waals surface area contributed by atoms with Crippen molar-refractivity contribution in [2.45, 2.75) is 70.4 Å². The topological polar surface area (TPSA) is 116 Å². The standard InChI is InChI=1S/C18H26N4O5/c1-11-6-2-5-9-13(11)22-16(25)15(24)21(18(22)27)10-14(23)20-17(26)19-12-7-3-4-8-12/h11-13H,2-10H2,1H3,(H2,19,20,23,26)/t11-,13+/m1/s1. The summed E-state index contributed by atoms with van der Waals surface area (Å²) < 4.78 is 0. The lowest BCUT2D eigenvalue weighted by molar-refractivity contribution is -0.145. The van der Waals surface area contributed by atoms with Crippen molar-refractivity contribution in [2.75, 3.05) is 6.54 Å². The van der Waals surface area contributed by atoms with Crippen LogP contribution in [0.4, 0.5) is 9.59 Å². The number of carbonyl (C=O) groups is 5. The van der Waals surface area contributed by atoms with Gasteiger partial charge in [-0.15, -0.1) is 0 Å². The van der Waals surface area contributed by atoms with Gasteiger partial charge in [0.2, 0.25) is 5.91 Å². The molecule has 1 aliphatic heterocycles. The van der Waals surface area contributed by atoms with Crippen LogP contribution in [-0.4, -0.2) is 58.2 Å². The van der Waals surface area contributed by atoms with E-state index in [9.17, 15) is 24.0 Å². The van der Waals surface area contributed by atoms with Crippen LogP contribution in [0.2, 0.25) is 0 Å². The third-order valence-corrected chi connectivity index (χ3v) is 5.73. The van der Waals surface area contributed by atoms with Gasteiger partial charge in [-0.2, -0.15) is 0 Å². The number of nitrogens with one attached hydrogen (secondary N) is 2. The molecule has 1 saturated heterocycles. The molecule has 3 aliphatic rings. The monoisotopic (exact) mass is 378 g/mol. The minimum atomic E-state index is -1.01. The van der Waals surface area contributed by atoms with Gasteiger partial charge in [-0.3, -0.25) is 24.6 Å². The molecule has 0 bridgehead atoms. The highest BCUT2D eigenvalue weighted by molar-refractivity contribution is 6.45. The summed E-state index contributed by atoms with van der Waals surface area (Å²) in [5, 5.41) is 4.82. The van der Waals surface area contributed by atoms with E-state index in [0.29, 0.717) is 11.3 Å². The van der Waals surface area contributed by atoms with Crippen molar-refractivity contribution >= 4 is 29.8 Å². The van der Waals surface area contributed by atoms with Crippen molar-refractivity contribution in [3.05, 3.63) is 0 Å².